The van der Waals surface area contributed by atoms with Crippen LogP contribution in [0.5, 0.6) is 0 Å². The zero-order valence-electron chi connectivity index (χ0n) is 10.9. The van der Waals surface area contributed by atoms with Gasteiger partial charge in [-0.25, -0.2) is 0 Å². The van der Waals surface area contributed by atoms with E-state index in [-0.39, 0.29) is 6.04 Å². The summed E-state index contributed by atoms with van der Waals surface area (Å²) < 4.78 is 42.5. The molecule has 0 aliphatic heterocycles. The lowest BCUT2D eigenvalue weighted by atomic mass is 10.0. The first kappa shape index (κ1) is 14.7. The van der Waals surface area contributed by atoms with Crippen LogP contribution in [-0.4, -0.2) is 6.04 Å². The smallest absolute Gasteiger partial charge is 0.416 e. The highest BCUT2D eigenvalue weighted by Crippen LogP contribution is 2.29. The summed E-state index contributed by atoms with van der Waals surface area (Å²) in [4.78, 5) is 0. The van der Waals surface area contributed by atoms with Crippen molar-refractivity contribution in [2.45, 2.75) is 31.5 Å². The van der Waals surface area contributed by atoms with E-state index in [1.54, 1.807) is 6.26 Å². The zero-order chi connectivity index (χ0) is 14.6. The van der Waals surface area contributed by atoms with Crippen molar-refractivity contribution in [3.63, 3.8) is 0 Å². The molecule has 20 heavy (non-hydrogen) atoms. The van der Waals surface area contributed by atoms with E-state index in [0.717, 1.165) is 36.3 Å². The summed E-state index contributed by atoms with van der Waals surface area (Å²) in [5.74, 6) is 0.868. The maximum Gasteiger partial charge on any atom is 0.416 e. The molecule has 2 N–H and O–H groups in total. The Morgan fingerprint density at radius 2 is 1.80 bits per heavy atom. The first-order valence-corrected chi connectivity index (χ1v) is 6.39. The van der Waals surface area contributed by atoms with Gasteiger partial charge in [-0.1, -0.05) is 12.1 Å². The number of benzene rings is 1. The largest absolute Gasteiger partial charge is 0.469 e. The molecule has 1 atom stereocenters. The quantitative estimate of drug-likeness (QED) is 0.906. The van der Waals surface area contributed by atoms with Crippen molar-refractivity contribution in [1.82, 2.24) is 0 Å². The fraction of sp³-hybridized carbons (Fsp3) is 0.333. The third kappa shape index (κ3) is 4.13. The normalized spacial score (nSPS) is 13.4. The molecule has 1 heterocycles. The monoisotopic (exact) mass is 283 g/mol. The Hall–Kier alpha value is -1.75. The first-order valence-electron chi connectivity index (χ1n) is 6.39. The van der Waals surface area contributed by atoms with E-state index in [9.17, 15) is 13.2 Å². The lowest BCUT2D eigenvalue weighted by molar-refractivity contribution is -0.137. The number of aryl methyl sites for hydroxylation is 1. The van der Waals surface area contributed by atoms with Crippen molar-refractivity contribution in [3.8, 4) is 0 Å². The first-order chi connectivity index (χ1) is 9.45. The van der Waals surface area contributed by atoms with Crippen molar-refractivity contribution in [2.24, 2.45) is 5.73 Å². The molecule has 0 fully saturated rings. The predicted molar refractivity (Wildman–Crippen MR) is 70.2 cm³/mol. The molecule has 0 bridgehead atoms. The fourth-order valence-corrected chi connectivity index (χ4v) is 2.02. The Morgan fingerprint density at radius 1 is 1.10 bits per heavy atom. The number of rotatable bonds is 5. The van der Waals surface area contributed by atoms with Gasteiger partial charge in [0.15, 0.2) is 0 Å². The molecular weight excluding hydrogens is 267 g/mol. The van der Waals surface area contributed by atoms with Crippen LogP contribution >= 0.6 is 0 Å². The number of halogens is 3. The van der Waals surface area contributed by atoms with Crippen LogP contribution in [0.4, 0.5) is 13.2 Å². The lowest BCUT2D eigenvalue weighted by Gasteiger charge is -2.12. The molecular formula is C15H16F3NO. The third-order valence-electron chi connectivity index (χ3n) is 3.12. The summed E-state index contributed by atoms with van der Waals surface area (Å²) in [5.41, 5.74) is 6.16. The minimum absolute atomic E-state index is 0.100. The second-order valence-corrected chi connectivity index (χ2v) is 4.78. The van der Waals surface area contributed by atoms with Gasteiger partial charge in [0.1, 0.15) is 5.76 Å². The number of alkyl halides is 3. The van der Waals surface area contributed by atoms with Crippen molar-refractivity contribution in [3.05, 3.63) is 59.5 Å². The van der Waals surface area contributed by atoms with Crippen molar-refractivity contribution in [2.75, 3.05) is 0 Å². The van der Waals surface area contributed by atoms with Crippen LogP contribution in [0, 0.1) is 0 Å². The van der Waals surface area contributed by atoms with E-state index in [4.69, 9.17) is 10.2 Å². The minimum Gasteiger partial charge on any atom is -0.469 e. The maximum absolute atomic E-state index is 12.4. The summed E-state index contributed by atoms with van der Waals surface area (Å²) >= 11 is 0. The molecule has 0 saturated heterocycles. The molecule has 0 spiro atoms. The van der Waals surface area contributed by atoms with E-state index < -0.39 is 11.7 Å². The topological polar surface area (TPSA) is 39.2 Å². The maximum atomic E-state index is 12.4. The van der Waals surface area contributed by atoms with Gasteiger partial charge in [-0.2, -0.15) is 13.2 Å². The molecule has 1 unspecified atom stereocenters. The molecule has 0 saturated carbocycles. The van der Waals surface area contributed by atoms with Crippen molar-refractivity contribution < 1.29 is 17.6 Å². The van der Waals surface area contributed by atoms with Crippen molar-refractivity contribution >= 4 is 0 Å². The van der Waals surface area contributed by atoms with Crippen LogP contribution in [0.25, 0.3) is 0 Å². The van der Waals surface area contributed by atoms with Crippen LogP contribution in [0.15, 0.2) is 47.1 Å². The lowest BCUT2D eigenvalue weighted by Crippen LogP contribution is -2.23. The van der Waals surface area contributed by atoms with Gasteiger partial charge in [0.25, 0.3) is 0 Å². The standard InChI is InChI=1S/C15H16F3NO/c16-15(17,18)12-5-3-11(4-6-12)10-13(19)7-8-14-2-1-9-20-14/h1-6,9,13H,7-8,10,19H2. The molecule has 0 radical (unpaired) electrons. The van der Waals surface area contributed by atoms with Crippen LogP contribution in [0.3, 0.4) is 0 Å². The number of hydrogen-bond acceptors (Lipinski definition) is 2. The highest BCUT2D eigenvalue weighted by molar-refractivity contribution is 5.25. The van der Waals surface area contributed by atoms with E-state index in [1.807, 2.05) is 12.1 Å². The number of nitrogens with two attached hydrogens (primary N) is 1. The second kappa shape index (κ2) is 6.13. The van der Waals surface area contributed by atoms with Gasteiger partial charge in [0.2, 0.25) is 0 Å². The number of hydrogen-bond donors (Lipinski definition) is 1. The summed E-state index contributed by atoms with van der Waals surface area (Å²) in [6.07, 6.45) is -0.668. The predicted octanol–water partition coefficient (Wildman–Crippen LogP) is 3.80. The van der Waals surface area contributed by atoms with E-state index >= 15 is 0 Å². The van der Waals surface area contributed by atoms with Gasteiger partial charge in [0.05, 0.1) is 11.8 Å². The Kier molecular flexibility index (Phi) is 4.49. The Balaban J connectivity index is 1.86. The Bertz CT molecular complexity index is 517. The van der Waals surface area contributed by atoms with Crippen LogP contribution in [0.1, 0.15) is 23.3 Å². The van der Waals surface area contributed by atoms with Crippen molar-refractivity contribution in [1.29, 1.82) is 0 Å². The summed E-state index contributed by atoms with van der Waals surface area (Å²) in [6.45, 7) is 0. The Morgan fingerprint density at radius 3 is 2.35 bits per heavy atom. The highest BCUT2D eigenvalue weighted by atomic mass is 19.4. The van der Waals surface area contributed by atoms with E-state index in [2.05, 4.69) is 0 Å². The summed E-state index contributed by atoms with van der Waals surface area (Å²) in [5, 5.41) is 0. The molecule has 0 amide bonds. The molecule has 2 rings (SSSR count). The zero-order valence-corrected chi connectivity index (χ0v) is 10.9. The SMILES string of the molecule is NC(CCc1ccco1)Cc1ccc(C(F)(F)F)cc1. The minimum atomic E-state index is -4.29. The molecule has 0 aliphatic carbocycles. The van der Waals surface area contributed by atoms with Gasteiger partial charge < -0.3 is 10.2 Å². The molecule has 2 aromatic rings. The molecule has 0 aliphatic rings. The van der Waals surface area contributed by atoms with Crippen LogP contribution < -0.4 is 5.73 Å². The number of furan rings is 1. The van der Waals surface area contributed by atoms with Gasteiger partial charge in [-0.05, 0) is 42.7 Å². The average molecular weight is 283 g/mol. The van der Waals surface area contributed by atoms with Crippen LogP contribution in [0.2, 0.25) is 0 Å². The molecule has 1 aromatic carbocycles. The highest BCUT2D eigenvalue weighted by Gasteiger charge is 2.29. The van der Waals surface area contributed by atoms with Gasteiger partial charge >= 0.3 is 6.18 Å². The molecule has 1 aromatic heterocycles. The van der Waals surface area contributed by atoms with Gasteiger partial charge in [-0.3, -0.25) is 0 Å². The van der Waals surface area contributed by atoms with Gasteiger partial charge in [-0.15, -0.1) is 0 Å². The molecule has 5 heteroatoms. The van der Waals surface area contributed by atoms with Gasteiger partial charge in [0, 0.05) is 12.5 Å². The van der Waals surface area contributed by atoms with E-state index in [1.165, 1.54) is 12.1 Å². The Labute approximate surface area is 115 Å². The molecule has 2 nitrogen and oxygen atoms in total. The summed E-state index contributed by atoms with van der Waals surface area (Å²) in [6, 6.07) is 8.74. The average Bonchev–Trinajstić information content (AvgIpc) is 2.89. The third-order valence-corrected chi connectivity index (χ3v) is 3.12. The second-order valence-electron chi connectivity index (χ2n) is 4.78. The fourth-order valence-electron chi connectivity index (χ4n) is 2.02. The summed E-state index contributed by atoms with van der Waals surface area (Å²) in [7, 11) is 0. The van der Waals surface area contributed by atoms with E-state index in [0.29, 0.717) is 6.42 Å². The molecule has 108 valence electrons. The van der Waals surface area contributed by atoms with Crippen LogP contribution in [-0.2, 0) is 19.0 Å².